The second-order valence-corrected chi connectivity index (χ2v) is 4.89. The van der Waals surface area contributed by atoms with Crippen LogP contribution in [0.5, 0.6) is 0 Å². The molecule has 1 aromatic heterocycles. The smallest absolute Gasteiger partial charge is 0.222 e. The topological polar surface area (TPSA) is 84.1 Å². The fourth-order valence-corrected chi connectivity index (χ4v) is 2.07. The zero-order chi connectivity index (χ0) is 14.7. The van der Waals surface area contributed by atoms with E-state index in [0.717, 1.165) is 6.42 Å². The van der Waals surface area contributed by atoms with Gasteiger partial charge in [0.25, 0.3) is 0 Å². The quantitative estimate of drug-likeness (QED) is 0.774. The number of fused-ring (bicyclic) bond motifs is 1. The van der Waals surface area contributed by atoms with Gasteiger partial charge in [0.1, 0.15) is 17.2 Å². The van der Waals surface area contributed by atoms with E-state index in [9.17, 15) is 9.50 Å². The van der Waals surface area contributed by atoms with Crippen molar-refractivity contribution in [3.8, 4) is 0 Å². The lowest BCUT2D eigenvalue weighted by molar-refractivity contribution is 0.241. The number of para-hydroxylation sites is 1. The molecular formula is C14H23FN4OS2. The van der Waals surface area contributed by atoms with E-state index in [4.69, 9.17) is 5.73 Å². The van der Waals surface area contributed by atoms with Crippen molar-refractivity contribution in [2.24, 2.45) is 5.92 Å². The maximum Gasteiger partial charge on any atom is 0.222 e. The minimum Gasteiger partial charge on any atom is -0.394 e. The Morgan fingerprint density at radius 2 is 2.00 bits per heavy atom. The minimum atomic E-state index is -0.441. The third-order valence-corrected chi connectivity index (χ3v) is 3.54. The largest absolute Gasteiger partial charge is 0.394 e. The standard InChI is InChI=1S/C14H19FN4O.2H2S/c1-3-8(2)11(7-20)17-13-9-5-4-6-10(15)12(9)18-14(16)19-13;;/h4-6,8,11,20H,3,7H2,1-2H3,(H3,16,17,18,19);2*1H2/t8-,11+;;/m0../s1. The zero-order valence-corrected chi connectivity index (χ0v) is 14.6. The molecule has 22 heavy (non-hydrogen) atoms. The van der Waals surface area contributed by atoms with Gasteiger partial charge in [-0.2, -0.15) is 32.0 Å². The zero-order valence-electron chi connectivity index (χ0n) is 12.6. The molecule has 0 radical (unpaired) electrons. The molecule has 0 aliphatic rings. The molecule has 1 aromatic carbocycles. The van der Waals surface area contributed by atoms with Gasteiger partial charge < -0.3 is 16.2 Å². The number of hydrogen-bond acceptors (Lipinski definition) is 5. The molecule has 0 bridgehead atoms. The normalized spacial score (nSPS) is 12.9. The molecule has 0 aliphatic heterocycles. The van der Waals surface area contributed by atoms with Gasteiger partial charge in [-0.15, -0.1) is 0 Å². The average Bonchev–Trinajstić information content (AvgIpc) is 2.44. The summed E-state index contributed by atoms with van der Waals surface area (Å²) in [5, 5.41) is 13.2. The van der Waals surface area contributed by atoms with E-state index in [1.807, 2.05) is 13.8 Å². The number of hydrogen-bond donors (Lipinski definition) is 3. The molecule has 0 unspecified atom stereocenters. The number of aliphatic hydroxyl groups is 1. The Bertz CT molecular complexity index is 615. The third kappa shape index (κ3) is 4.37. The molecule has 2 atom stereocenters. The van der Waals surface area contributed by atoms with Crippen molar-refractivity contribution in [3.05, 3.63) is 24.0 Å². The van der Waals surface area contributed by atoms with Gasteiger partial charge in [-0.3, -0.25) is 0 Å². The van der Waals surface area contributed by atoms with Crippen LogP contribution in [0.3, 0.4) is 0 Å². The van der Waals surface area contributed by atoms with Crippen molar-refractivity contribution in [3.63, 3.8) is 0 Å². The van der Waals surface area contributed by atoms with Crippen molar-refractivity contribution in [1.29, 1.82) is 0 Å². The molecule has 8 heteroatoms. The van der Waals surface area contributed by atoms with Crippen molar-refractivity contribution >= 4 is 49.7 Å². The summed E-state index contributed by atoms with van der Waals surface area (Å²) in [7, 11) is 0. The summed E-state index contributed by atoms with van der Waals surface area (Å²) in [6.07, 6.45) is 0.908. The third-order valence-electron chi connectivity index (χ3n) is 3.54. The van der Waals surface area contributed by atoms with Crippen LogP contribution < -0.4 is 11.1 Å². The maximum absolute atomic E-state index is 13.8. The van der Waals surface area contributed by atoms with E-state index in [1.54, 1.807) is 12.1 Å². The second-order valence-electron chi connectivity index (χ2n) is 4.89. The Hall–Kier alpha value is -1.25. The molecule has 4 N–H and O–H groups in total. The highest BCUT2D eigenvalue weighted by Gasteiger charge is 2.18. The monoisotopic (exact) mass is 346 g/mol. The molecule has 0 spiro atoms. The average molecular weight is 346 g/mol. The summed E-state index contributed by atoms with van der Waals surface area (Å²) in [4.78, 5) is 8.05. The molecule has 0 amide bonds. The first-order chi connectivity index (χ1) is 9.56. The molecular weight excluding hydrogens is 323 g/mol. The maximum atomic E-state index is 13.8. The van der Waals surface area contributed by atoms with Crippen LogP contribution in [0.4, 0.5) is 16.2 Å². The number of anilines is 2. The van der Waals surface area contributed by atoms with Crippen LogP contribution in [0.1, 0.15) is 20.3 Å². The Morgan fingerprint density at radius 1 is 1.32 bits per heavy atom. The first kappa shape index (κ1) is 20.8. The fraction of sp³-hybridized carbons (Fsp3) is 0.429. The Kier molecular flexibility index (Phi) is 8.50. The van der Waals surface area contributed by atoms with Crippen molar-refractivity contribution in [2.75, 3.05) is 17.7 Å². The first-order valence-electron chi connectivity index (χ1n) is 6.66. The molecule has 0 aliphatic carbocycles. The highest BCUT2D eigenvalue weighted by molar-refractivity contribution is 7.59. The van der Waals surface area contributed by atoms with E-state index < -0.39 is 5.82 Å². The van der Waals surface area contributed by atoms with Gasteiger partial charge in [-0.1, -0.05) is 26.3 Å². The highest BCUT2D eigenvalue weighted by Crippen LogP contribution is 2.25. The van der Waals surface area contributed by atoms with Gasteiger partial charge >= 0.3 is 0 Å². The number of benzene rings is 1. The van der Waals surface area contributed by atoms with E-state index in [0.29, 0.717) is 11.2 Å². The van der Waals surface area contributed by atoms with Crippen LogP contribution in [0.2, 0.25) is 0 Å². The van der Waals surface area contributed by atoms with E-state index >= 15 is 0 Å². The van der Waals surface area contributed by atoms with Crippen LogP contribution in [0.25, 0.3) is 10.9 Å². The number of aromatic nitrogens is 2. The summed E-state index contributed by atoms with van der Waals surface area (Å²) >= 11 is 0. The summed E-state index contributed by atoms with van der Waals surface area (Å²) in [6.45, 7) is 4.04. The predicted molar refractivity (Wildman–Crippen MR) is 98.6 cm³/mol. The molecule has 5 nitrogen and oxygen atoms in total. The van der Waals surface area contributed by atoms with Gasteiger partial charge in [0.15, 0.2) is 0 Å². The predicted octanol–water partition coefficient (Wildman–Crippen LogP) is 2.40. The van der Waals surface area contributed by atoms with Crippen LogP contribution >= 0.6 is 27.0 Å². The van der Waals surface area contributed by atoms with E-state index in [-0.39, 0.29) is 57.0 Å². The summed E-state index contributed by atoms with van der Waals surface area (Å²) in [5.74, 6) is 0.265. The second kappa shape index (κ2) is 9.02. The molecule has 0 saturated heterocycles. The Balaban J connectivity index is 0.00000220. The van der Waals surface area contributed by atoms with Gasteiger partial charge in [-0.25, -0.2) is 9.37 Å². The van der Waals surface area contributed by atoms with Crippen LogP contribution in [0.15, 0.2) is 18.2 Å². The number of aliphatic hydroxyl groups excluding tert-OH is 1. The SMILES string of the molecule is CC[C@H](C)[C@@H](CO)Nc1nc(N)nc2c(F)cccc12.S.S. The molecule has 0 fully saturated rings. The summed E-state index contributed by atoms with van der Waals surface area (Å²) in [6, 6.07) is 4.49. The number of nitrogens with zero attached hydrogens (tertiary/aromatic N) is 2. The molecule has 0 saturated carbocycles. The lowest BCUT2D eigenvalue weighted by Gasteiger charge is -2.23. The lowest BCUT2D eigenvalue weighted by Crippen LogP contribution is -2.31. The van der Waals surface area contributed by atoms with E-state index in [2.05, 4.69) is 15.3 Å². The molecule has 1 heterocycles. The molecule has 2 rings (SSSR count). The van der Waals surface area contributed by atoms with Crippen molar-refractivity contribution < 1.29 is 9.50 Å². The number of nitrogen functional groups attached to an aromatic ring is 1. The van der Waals surface area contributed by atoms with Gasteiger partial charge in [0.2, 0.25) is 5.95 Å². The first-order valence-corrected chi connectivity index (χ1v) is 6.66. The van der Waals surface area contributed by atoms with Gasteiger partial charge in [0.05, 0.1) is 12.6 Å². The van der Waals surface area contributed by atoms with Crippen molar-refractivity contribution in [2.45, 2.75) is 26.3 Å². The Morgan fingerprint density at radius 3 is 2.59 bits per heavy atom. The Labute approximate surface area is 143 Å². The fourth-order valence-electron chi connectivity index (χ4n) is 2.07. The molecule has 2 aromatic rings. The van der Waals surface area contributed by atoms with E-state index in [1.165, 1.54) is 6.07 Å². The summed E-state index contributed by atoms with van der Waals surface area (Å²) in [5.41, 5.74) is 5.81. The van der Waals surface area contributed by atoms with Crippen LogP contribution in [-0.4, -0.2) is 27.7 Å². The number of halogens is 1. The number of nitrogens with two attached hydrogens (primary N) is 1. The molecule has 124 valence electrons. The van der Waals surface area contributed by atoms with Crippen molar-refractivity contribution in [1.82, 2.24) is 9.97 Å². The van der Waals surface area contributed by atoms with Crippen LogP contribution in [0, 0.1) is 11.7 Å². The lowest BCUT2D eigenvalue weighted by atomic mass is 10.00. The van der Waals surface area contributed by atoms with Gasteiger partial charge in [-0.05, 0) is 18.1 Å². The number of nitrogens with one attached hydrogen (secondary N) is 1. The highest BCUT2D eigenvalue weighted by atomic mass is 32.1. The number of rotatable bonds is 5. The van der Waals surface area contributed by atoms with Gasteiger partial charge in [0, 0.05) is 5.39 Å². The van der Waals surface area contributed by atoms with Crippen LogP contribution in [-0.2, 0) is 0 Å². The summed E-state index contributed by atoms with van der Waals surface area (Å²) < 4.78 is 13.8. The minimum absolute atomic E-state index is 0.